The smallest absolute Gasteiger partial charge is 0.262 e. The van der Waals surface area contributed by atoms with Gasteiger partial charge in [0, 0.05) is 4.57 Å². The van der Waals surface area contributed by atoms with Crippen molar-refractivity contribution in [1.29, 1.82) is 0 Å². The van der Waals surface area contributed by atoms with Crippen molar-refractivity contribution in [1.82, 2.24) is 0 Å². The maximum absolute atomic E-state index is 10.1. The molecule has 0 bridgehead atoms. The molecule has 7 heteroatoms. The van der Waals surface area contributed by atoms with Crippen molar-refractivity contribution in [2.45, 2.75) is 0 Å². The van der Waals surface area contributed by atoms with E-state index in [0.717, 1.165) is 7.11 Å². The molecule has 0 heterocycles. The molecule has 0 spiro atoms. The minimum absolute atomic E-state index is 0.744. The van der Waals surface area contributed by atoms with Gasteiger partial charge in [-0.15, -0.1) is 4.52 Å². The van der Waals surface area contributed by atoms with Crippen LogP contribution in [0, 0.1) is 10.1 Å². The van der Waals surface area contributed by atoms with Crippen LogP contribution in [0.3, 0.4) is 0 Å². The highest BCUT2D eigenvalue weighted by atomic mass is 31.1. The summed E-state index contributed by atoms with van der Waals surface area (Å²) in [5.74, 6) is 0. The van der Waals surface area contributed by atoms with E-state index in [9.17, 15) is 14.7 Å². The van der Waals surface area contributed by atoms with Gasteiger partial charge in [-0.3, -0.25) is 10.1 Å². The Kier molecular flexibility index (Phi) is 4.04. The van der Waals surface area contributed by atoms with Crippen LogP contribution in [0.1, 0.15) is 0 Å². The zero-order chi connectivity index (χ0) is 7.28. The number of rotatable bonds is 4. The van der Waals surface area contributed by atoms with E-state index in [0.29, 0.717) is 0 Å². The van der Waals surface area contributed by atoms with E-state index in [1.807, 2.05) is 0 Å². The number of hydrogen-bond acceptors (Lipinski definition) is 5. The summed E-state index contributed by atoms with van der Waals surface area (Å²) < 4.78 is 18.2. The Morgan fingerprint density at radius 2 is 2.33 bits per heavy atom. The predicted molar refractivity (Wildman–Crippen MR) is 27.6 cm³/mol. The van der Waals surface area contributed by atoms with Gasteiger partial charge in [0.2, 0.25) is 0 Å². The van der Waals surface area contributed by atoms with Crippen molar-refractivity contribution < 1.29 is 18.5 Å². The molecule has 0 N–H and O–H groups in total. The van der Waals surface area contributed by atoms with E-state index in [-0.39, 0.29) is 0 Å². The SMILES string of the molecule is CO[P+](=O)OC[N+](=O)[O-]. The molecule has 0 aromatic carbocycles. The Morgan fingerprint density at radius 1 is 1.78 bits per heavy atom. The summed E-state index contributed by atoms with van der Waals surface area (Å²) in [6, 6.07) is 0. The normalized spacial score (nSPS) is 11.0. The highest BCUT2D eigenvalue weighted by Gasteiger charge is 2.20. The topological polar surface area (TPSA) is 78.7 Å². The second-order valence-electron chi connectivity index (χ2n) is 0.997. The first-order chi connectivity index (χ1) is 4.16. The zero-order valence-corrected chi connectivity index (χ0v) is 5.54. The van der Waals surface area contributed by atoms with Crippen LogP contribution in [0.2, 0.25) is 0 Å². The van der Waals surface area contributed by atoms with Gasteiger partial charge >= 0.3 is 15.0 Å². The molecule has 1 atom stereocenters. The lowest BCUT2D eigenvalue weighted by atomic mass is 11.4. The van der Waals surface area contributed by atoms with Crippen molar-refractivity contribution in [2.75, 3.05) is 13.8 Å². The lowest BCUT2D eigenvalue weighted by molar-refractivity contribution is -0.514. The third kappa shape index (κ3) is 5.29. The highest BCUT2D eigenvalue weighted by molar-refractivity contribution is 7.33. The van der Waals surface area contributed by atoms with Crippen molar-refractivity contribution in [3.8, 4) is 0 Å². The summed E-state index contributed by atoms with van der Waals surface area (Å²) in [5.41, 5.74) is 0. The van der Waals surface area contributed by atoms with Crippen LogP contribution in [0.5, 0.6) is 0 Å². The molecule has 0 aliphatic rings. The molecule has 9 heavy (non-hydrogen) atoms. The van der Waals surface area contributed by atoms with Gasteiger partial charge in [0.1, 0.15) is 0 Å². The second-order valence-corrected chi connectivity index (χ2v) is 2.07. The fourth-order valence-electron chi connectivity index (χ4n) is 0.147. The molecule has 0 radical (unpaired) electrons. The fourth-order valence-corrected chi connectivity index (χ4v) is 0.441. The molecular formula is C2H5NO5P+. The first-order valence-electron chi connectivity index (χ1n) is 1.93. The maximum Gasteiger partial charge on any atom is 0.703 e. The number of nitrogens with zero attached hydrogens (tertiary/aromatic N) is 1. The van der Waals surface area contributed by atoms with Gasteiger partial charge in [-0.2, -0.15) is 0 Å². The molecule has 0 fully saturated rings. The van der Waals surface area contributed by atoms with E-state index >= 15 is 0 Å². The maximum atomic E-state index is 10.1. The van der Waals surface area contributed by atoms with Gasteiger partial charge in [-0.05, 0) is 4.52 Å². The van der Waals surface area contributed by atoms with E-state index in [1.54, 1.807) is 0 Å². The highest BCUT2D eigenvalue weighted by Crippen LogP contribution is 2.20. The molecule has 52 valence electrons. The van der Waals surface area contributed by atoms with Crippen LogP contribution in [-0.2, 0) is 13.6 Å². The van der Waals surface area contributed by atoms with Crippen LogP contribution < -0.4 is 0 Å². The Morgan fingerprint density at radius 3 is 2.67 bits per heavy atom. The molecular weight excluding hydrogens is 149 g/mol. The van der Waals surface area contributed by atoms with E-state index < -0.39 is 19.9 Å². The predicted octanol–water partition coefficient (Wildman–Crippen LogP) is 0.541. The number of nitro groups is 1. The molecule has 0 aliphatic heterocycles. The lowest BCUT2D eigenvalue weighted by Gasteiger charge is -1.79. The van der Waals surface area contributed by atoms with Crippen molar-refractivity contribution in [3.05, 3.63) is 10.1 Å². The van der Waals surface area contributed by atoms with Crippen molar-refractivity contribution >= 4 is 8.25 Å². The lowest BCUT2D eigenvalue weighted by Crippen LogP contribution is -2.00. The molecule has 0 amide bonds. The fraction of sp³-hybridized carbons (Fsp3) is 1.00. The Hall–Kier alpha value is -0.580. The summed E-state index contributed by atoms with van der Waals surface area (Å²) in [6.07, 6.45) is 0. The molecule has 0 saturated carbocycles. The van der Waals surface area contributed by atoms with Crippen LogP contribution >= 0.6 is 8.25 Å². The second kappa shape index (κ2) is 4.31. The third-order valence-electron chi connectivity index (χ3n) is 0.418. The standard InChI is InChI=1S/C2H5NO5P/c1-7-9(6)8-2-3(4)5/h2H2,1H3/q+1. The van der Waals surface area contributed by atoms with Gasteiger partial charge in [-0.1, -0.05) is 0 Å². The molecule has 0 aromatic rings. The van der Waals surface area contributed by atoms with E-state index in [1.165, 1.54) is 0 Å². The Balaban J connectivity index is 3.28. The van der Waals surface area contributed by atoms with Crippen LogP contribution in [-0.4, -0.2) is 18.8 Å². The average Bonchev–Trinajstić information content (AvgIpc) is 1.83. The molecule has 0 rings (SSSR count). The van der Waals surface area contributed by atoms with Crippen molar-refractivity contribution in [3.63, 3.8) is 0 Å². The first kappa shape index (κ1) is 8.42. The summed E-state index contributed by atoms with van der Waals surface area (Å²) in [5, 5.41) is 9.52. The van der Waals surface area contributed by atoms with E-state index in [4.69, 9.17) is 0 Å². The third-order valence-corrected chi connectivity index (χ3v) is 1.04. The van der Waals surface area contributed by atoms with Gasteiger partial charge in [0.05, 0.1) is 12.0 Å². The Bertz CT molecular complexity index is 124. The Labute approximate surface area is 51.9 Å². The molecule has 0 aromatic heterocycles. The minimum Gasteiger partial charge on any atom is -0.262 e. The van der Waals surface area contributed by atoms with Gasteiger partial charge in [0.15, 0.2) is 0 Å². The molecule has 0 saturated heterocycles. The summed E-state index contributed by atoms with van der Waals surface area (Å²) >= 11 is 0. The average molecular weight is 154 g/mol. The minimum atomic E-state index is -2.30. The van der Waals surface area contributed by atoms with Crippen LogP contribution in [0.4, 0.5) is 0 Å². The van der Waals surface area contributed by atoms with E-state index in [2.05, 4.69) is 9.05 Å². The monoisotopic (exact) mass is 154 g/mol. The molecule has 1 unspecified atom stereocenters. The van der Waals surface area contributed by atoms with Crippen molar-refractivity contribution in [2.24, 2.45) is 0 Å². The summed E-state index contributed by atoms with van der Waals surface area (Å²) in [7, 11) is -1.16. The van der Waals surface area contributed by atoms with Crippen LogP contribution in [0.25, 0.3) is 0 Å². The van der Waals surface area contributed by atoms with Gasteiger partial charge < -0.3 is 0 Å². The first-order valence-corrected chi connectivity index (χ1v) is 3.02. The quantitative estimate of drug-likeness (QED) is 0.255. The van der Waals surface area contributed by atoms with Gasteiger partial charge in [-0.25, -0.2) is 0 Å². The molecule has 6 nitrogen and oxygen atoms in total. The summed E-state index contributed by atoms with van der Waals surface area (Å²) in [4.78, 5) is 8.77. The largest absolute Gasteiger partial charge is 0.703 e. The number of hydrogen-bond donors (Lipinski definition) is 0. The zero-order valence-electron chi connectivity index (χ0n) is 4.64. The van der Waals surface area contributed by atoms with Crippen LogP contribution in [0.15, 0.2) is 0 Å². The van der Waals surface area contributed by atoms with Gasteiger partial charge in [0.25, 0.3) is 0 Å². The summed E-state index contributed by atoms with van der Waals surface area (Å²) in [6.45, 7) is -0.789. The molecule has 0 aliphatic carbocycles.